The van der Waals surface area contributed by atoms with E-state index in [-0.39, 0.29) is 28.7 Å². The fraction of sp³-hybridized carbons (Fsp3) is 0.538. The van der Waals surface area contributed by atoms with Crippen molar-refractivity contribution < 1.29 is 27.8 Å². The van der Waals surface area contributed by atoms with E-state index >= 15 is 0 Å². The molecule has 0 aliphatic carbocycles. The Bertz CT molecular complexity index is 449. The molecule has 1 rings (SSSR count). The van der Waals surface area contributed by atoms with Crippen LogP contribution in [0, 0.1) is 0 Å². The summed E-state index contributed by atoms with van der Waals surface area (Å²) in [5.41, 5.74) is -0.380. The molecule has 20 heavy (non-hydrogen) atoms. The number of hydrogen-bond donors (Lipinski definition) is 1. The molecule has 0 amide bonds. The Balaban J connectivity index is 3.18. The largest absolute Gasteiger partial charge is 0.490 e. The zero-order valence-corrected chi connectivity index (χ0v) is 11.9. The second-order valence-corrected chi connectivity index (χ2v) is 4.46. The molecule has 0 saturated carbocycles. The lowest BCUT2D eigenvalue weighted by Crippen LogP contribution is -2.20. The van der Waals surface area contributed by atoms with E-state index in [1.54, 1.807) is 6.92 Å². The minimum absolute atomic E-state index is 0.0253. The van der Waals surface area contributed by atoms with Gasteiger partial charge in [-0.1, -0.05) is 18.5 Å². The summed E-state index contributed by atoms with van der Waals surface area (Å²) >= 11 is 5.92. The van der Waals surface area contributed by atoms with Gasteiger partial charge in [-0.05, 0) is 31.0 Å². The van der Waals surface area contributed by atoms with Crippen LogP contribution in [0.3, 0.4) is 0 Å². The molecule has 0 saturated heterocycles. The smallest absolute Gasteiger partial charge is 0.418 e. The van der Waals surface area contributed by atoms with E-state index in [4.69, 9.17) is 21.1 Å². The maximum Gasteiger partial charge on any atom is 0.418 e. The normalized spacial score (nSPS) is 13.2. The van der Waals surface area contributed by atoms with Crippen LogP contribution in [0.15, 0.2) is 12.1 Å². The van der Waals surface area contributed by atoms with Crippen molar-refractivity contribution in [1.29, 1.82) is 0 Å². The Morgan fingerprint density at radius 1 is 1.25 bits per heavy atom. The SMILES string of the molecule is CCCOc1c(Cl)cc(C(O)C(F)(F)F)cc1OCC. The molecular weight excluding hydrogens is 297 g/mol. The van der Waals surface area contributed by atoms with Crippen LogP contribution >= 0.6 is 11.6 Å². The van der Waals surface area contributed by atoms with E-state index in [2.05, 4.69) is 0 Å². The van der Waals surface area contributed by atoms with E-state index in [1.165, 1.54) is 0 Å². The molecule has 1 N–H and O–H groups in total. The summed E-state index contributed by atoms with van der Waals surface area (Å²) in [6, 6.07) is 2.13. The molecule has 0 aliphatic rings. The fourth-order valence-corrected chi connectivity index (χ4v) is 1.82. The minimum atomic E-state index is -4.77. The summed E-state index contributed by atoms with van der Waals surface area (Å²) in [5, 5.41) is 9.24. The third-order valence-corrected chi connectivity index (χ3v) is 2.69. The Morgan fingerprint density at radius 2 is 1.90 bits per heavy atom. The van der Waals surface area contributed by atoms with E-state index < -0.39 is 12.3 Å². The number of benzene rings is 1. The second-order valence-electron chi connectivity index (χ2n) is 4.06. The number of hydrogen-bond acceptors (Lipinski definition) is 3. The van der Waals surface area contributed by atoms with Crippen molar-refractivity contribution in [3.05, 3.63) is 22.7 Å². The standard InChI is InChI=1S/C13H16ClF3O3/c1-3-5-20-11-9(14)6-8(7-10(11)19-4-2)12(18)13(15,16)17/h6-7,12,18H,3-5H2,1-2H3. The van der Waals surface area contributed by atoms with Gasteiger partial charge in [0.15, 0.2) is 17.6 Å². The average molecular weight is 313 g/mol. The van der Waals surface area contributed by atoms with Crippen LogP contribution in [0.5, 0.6) is 11.5 Å². The molecule has 3 nitrogen and oxygen atoms in total. The maximum atomic E-state index is 12.5. The number of alkyl halides is 3. The molecule has 1 aromatic carbocycles. The highest BCUT2D eigenvalue weighted by atomic mass is 35.5. The molecule has 1 aromatic rings. The quantitative estimate of drug-likeness (QED) is 0.858. The fourth-order valence-electron chi connectivity index (χ4n) is 1.54. The first-order valence-electron chi connectivity index (χ1n) is 6.15. The van der Waals surface area contributed by atoms with Crippen LogP contribution in [-0.4, -0.2) is 24.5 Å². The third kappa shape index (κ3) is 4.18. The number of halogens is 4. The highest BCUT2D eigenvalue weighted by molar-refractivity contribution is 6.32. The van der Waals surface area contributed by atoms with Gasteiger partial charge in [0.2, 0.25) is 0 Å². The van der Waals surface area contributed by atoms with Crippen molar-refractivity contribution in [2.24, 2.45) is 0 Å². The molecule has 0 heterocycles. The molecule has 114 valence electrons. The monoisotopic (exact) mass is 312 g/mol. The lowest BCUT2D eigenvalue weighted by Gasteiger charge is -2.19. The van der Waals surface area contributed by atoms with Crippen LogP contribution in [0.25, 0.3) is 0 Å². The van der Waals surface area contributed by atoms with Gasteiger partial charge in [0, 0.05) is 0 Å². The Hall–Kier alpha value is -1.14. The summed E-state index contributed by atoms with van der Waals surface area (Å²) in [6.07, 6.45) is -6.66. The molecule has 0 aliphatic heterocycles. The molecule has 0 fully saturated rings. The first kappa shape index (κ1) is 16.9. The van der Waals surface area contributed by atoms with Crippen LogP contribution in [-0.2, 0) is 0 Å². The van der Waals surface area contributed by atoms with Crippen molar-refractivity contribution in [3.63, 3.8) is 0 Å². The van der Waals surface area contributed by atoms with Gasteiger partial charge in [-0.15, -0.1) is 0 Å². The minimum Gasteiger partial charge on any atom is -0.490 e. The molecule has 1 atom stereocenters. The zero-order valence-electron chi connectivity index (χ0n) is 11.1. The third-order valence-electron chi connectivity index (χ3n) is 2.41. The Morgan fingerprint density at radius 3 is 2.40 bits per heavy atom. The molecule has 0 radical (unpaired) electrons. The highest BCUT2D eigenvalue weighted by Crippen LogP contribution is 2.41. The summed E-state index contributed by atoms with van der Waals surface area (Å²) < 4.78 is 48.2. The van der Waals surface area contributed by atoms with Crippen molar-refractivity contribution in [1.82, 2.24) is 0 Å². The van der Waals surface area contributed by atoms with Gasteiger partial charge in [0.05, 0.1) is 18.2 Å². The van der Waals surface area contributed by atoms with E-state index in [0.717, 1.165) is 18.6 Å². The van der Waals surface area contributed by atoms with Gasteiger partial charge in [-0.2, -0.15) is 13.2 Å². The van der Waals surface area contributed by atoms with E-state index in [9.17, 15) is 18.3 Å². The first-order chi connectivity index (χ1) is 9.31. The maximum absolute atomic E-state index is 12.5. The number of rotatable bonds is 6. The van der Waals surface area contributed by atoms with Gasteiger partial charge >= 0.3 is 6.18 Å². The lowest BCUT2D eigenvalue weighted by atomic mass is 10.1. The predicted molar refractivity (Wildman–Crippen MR) is 69.4 cm³/mol. The van der Waals surface area contributed by atoms with Crippen LogP contribution in [0.2, 0.25) is 5.02 Å². The van der Waals surface area contributed by atoms with Gasteiger partial charge in [0.25, 0.3) is 0 Å². The van der Waals surface area contributed by atoms with Crippen LogP contribution in [0.4, 0.5) is 13.2 Å². The summed E-state index contributed by atoms with van der Waals surface area (Å²) in [4.78, 5) is 0. The van der Waals surface area contributed by atoms with Gasteiger partial charge < -0.3 is 14.6 Å². The molecule has 0 bridgehead atoms. The lowest BCUT2D eigenvalue weighted by molar-refractivity contribution is -0.206. The van der Waals surface area contributed by atoms with E-state index in [0.29, 0.717) is 6.61 Å². The number of aliphatic hydroxyl groups excluding tert-OH is 1. The molecule has 0 aromatic heterocycles. The predicted octanol–water partition coefficient (Wildman–Crippen LogP) is 4.12. The topological polar surface area (TPSA) is 38.7 Å². The Kier molecular flexibility index (Phi) is 5.95. The van der Waals surface area contributed by atoms with Gasteiger partial charge in [-0.25, -0.2) is 0 Å². The van der Waals surface area contributed by atoms with Crippen molar-refractivity contribution >= 4 is 11.6 Å². The number of aliphatic hydroxyl groups is 1. The van der Waals surface area contributed by atoms with Gasteiger partial charge in [0.1, 0.15) is 0 Å². The average Bonchev–Trinajstić information content (AvgIpc) is 2.36. The van der Waals surface area contributed by atoms with Crippen LogP contribution < -0.4 is 9.47 Å². The van der Waals surface area contributed by atoms with Gasteiger partial charge in [-0.3, -0.25) is 0 Å². The number of ether oxygens (including phenoxy) is 2. The highest BCUT2D eigenvalue weighted by Gasteiger charge is 2.40. The molecule has 0 spiro atoms. The summed E-state index contributed by atoms with van der Waals surface area (Å²) in [7, 11) is 0. The van der Waals surface area contributed by atoms with Crippen molar-refractivity contribution in [3.8, 4) is 11.5 Å². The molecule has 7 heteroatoms. The Labute approximate surface area is 120 Å². The van der Waals surface area contributed by atoms with Crippen molar-refractivity contribution in [2.75, 3.05) is 13.2 Å². The second kappa shape index (κ2) is 7.04. The van der Waals surface area contributed by atoms with Crippen LogP contribution in [0.1, 0.15) is 31.9 Å². The zero-order chi connectivity index (χ0) is 15.3. The summed E-state index contributed by atoms with van der Waals surface area (Å²) in [5.74, 6) is 0.278. The summed E-state index contributed by atoms with van der Waals surface area (Å²) in [6.45, 7) is 4.17. The van der Waals surface area contributed by atoms with Crippen molar-refractivity contribution in [2.45, 2.75) is 32.5 Å². The van der Waals surface area contributed by atoms with E-state index in [1.807, 2.05) is 6.92 Å². The first-order valence-corrected chi connectivity index (χ1v) is 6.52. The molecular formula is C13H16ClF3O3. The molecule has 1 unspecified atom stereocenters.